The fraction of sp³-hybridized carbons (Fsp3) is 0.588. The third kappa shape index (κ3) is 4.40. The Morgan fingerprint density at radius 1 is 1.05 bits per heavy atom. The molecule has 3 unspecified atom stereocenters. The number of rotatable bonds is 5. The number of anilines is 2. The van der Waals surface area contributed by atoms with Gasteiger partial charge in [-0.05, 0) is 98.0 Å². The highest BCUT2D eigenvalue weighted by molar-refractivity contribution is 14.1. The van der Waals surface area contributed by atoms with Gasteiger partial charge in [0.2, 0.25) is 0 Å². The first-order valence-electron chi connectivity index (χ1n) is 16.5. The summed E-state index contributed by atoms with van der Waals surface area (Å²) in [6.45, 7) is 4.75. The van der Waals surface area contributed by atoms with Crippen molar-refractivity contribution in [1.29, 1.82) is 0 Å². The van der Waals surface area contributed by atoms with Gasteiger partial charge < -0.3 is 25.0 Å². The molecule has 2 N–H and O–H groups in total. The van der Waals surface area contributed by atoms with Crippen LogP contribution in [0.25, 0.3) is 10.8 Å². The molecule has 4 saturated heterocycles. The lowest BCUT2D eigenvalue weighted by molar-refractivity contribution is 0.0808. The number of benzene rings is 2. The summed E-state index contributed by atoms with van der Waals surface area (Å²) < 4.78 is 23.8. The number of hydrogen-bond acceptors (Lipinski definition) is 8. The van der Waals surface area contributed by atoms with Gasteiger partial charge in [0, 0.05) is 70.5 Å². The zero-order valence-electron chi connectivity index (χ0n) is 25.1. The van der Waals surface area contributed by atoms with Crippen LogP contribution in [0.15, 0.2) is 30.3 Å². The molecule has 5 aliphatic heterocycles. The minimum Gasteiger partial charge on any atom is -0.508 e. The van der Waals surface area contributed by atoms with Crippen molar-refractivity contribution in [3.8, 4) is 11.8 Å². The Labute approximate surface area is 271 Å². The summed E-state index contributed by atoms with van der Waals surface area (Å²) in [7, 11) is 0. The molecule has 1 aliphatic carbocycles. The molecule has 6 aliphatic rings. The maximum absolute atomic E-state index is 16.0. The number of ether oxygens (including phenoxy) is 1. The second-order valence-corrected chi connectivity index (χ2v) is 15.4. The lowest BCUT2D eigenvalue weighted by Gasteiger charge is -2.38. The number of nitrogens with one attached hydrogen (secondary N) is 1. The Bertz CT molecular complexity index is 1630. The van der Waals surface area contributed by atoms with Crippen LogP contribution in [0.1, 0.15) is 62.6 Å². The normalized spacial score (nSPS) is 32.7. The second kappa shape index (κ2) is 10.3. The van der Waals surface area contributed by atoms with E-state index in [-0.39, 0.29) is 17.3 Å². The molecule has 1 saturated carbocycles. The van der Waals surface area contributed by atoms with Crippen LogP contribution in [0, 0.1) is 3.57 Å². The lowest BCUT2D eigenvalue weighted by Crippen LogP contribution is -2.52. The van der Waals surface area contributed by atoms with Crippen LogP contribution < -0.4 is 19.9 Å². The number of phenols is 1. The fourth-order valence-corrected chi connectivity index (χ4v) is 10.5. The SMILES string of the molecule is Oc1cc(N2CCc3c(nc(OCC45CCCN4[C@H]4CCC[C@@]4(F)C5)nc3N3CC4CCC(C3)N4)C2)c2c(I)cccc2c1. The summed E-state index contributed by atoms with van der Waals surface area (Å²) in [6.07, 6.45) is 8.52. The largest absolute Gasteiger partial charge is 0.508 e. The highest BCUT2D eigenvalue weighted by Gasteiger charge is 2.63. The van der Waals surface area contributed by atoms with Gasteiger partial charge in [-0.1, -0.05) is 12.1 Å². The molecular weight excluding hydrogens is 670 g/mol. The van der Waals surface area contributed by atoms with Crippen molar-refractivity contribution in [2.24, 2.45) is 0 Å². The molecular formula is C34H40FIN6O2. The number of alkyl halides is 1. The number of fused-ring (bicyclic) bond motifs is 7. The minimum atomic E-state index is -1.08. The molecule has 6 heterocycles. The second-order valence-electron chi connectivity index (χ2n) is 14.2. The van der Waals surface area contributed by atoms with E-state index in [0.717, 1.165) is 89.8 Å². The van der Waals surface area contributed by atoms with E-state index in [2.05, 4.69) is 54.7 Å². The maximum atomic E-state index is 16.0. The average molecular weight is 711 g/mol. The van der Waals surface area contributed by atoms with Crippen LogP contribution in [-0.2, 0) is 13.0 Å². The molecule has 0 spiro atoms. The zero-order valence-corrected chi connectivity index (χ0v) is 27.2. The predicted molar refractivity (Wildman–Crippen MR) is 178 cm³/mol. The van der Waals surface area contributed by atoms with Gasteiger partial charge in [0.15, 0.2) is 0 Å². The van der Waals surface area contributed by atoms with Crippen LogP contribution in [0.3, 0.4) is 0 Å². The van der Waals surface area contributed by atoms with E-state index in [1.165, 1.54) is 18.4 Å². The Kier molecular flexibility index (Phi) is 6.51. The topological polar surface area (TPSA) is 77.0 Å². The van der Waals surface area contributed by atoms with E-state index >= 15 is 4.39 Å². The third-order valence-corrected chi connectivity index (χ3v) is 12.5. The number of aromatic hydroxyl groups is 1. The molecule has 9 rings (SSSR count). The average Bonchev–Trinajstić information content (AvgIpc) is 3.73. The molecule has 3 aromatic rings. The van der Waals surface area contributed by atoms with E-state index in [1.807, 2.05) is 18.2 Å². The van der Waals surface area contributed by atoms with Crippen molar-refractivity contribution in [3.05, 3.63) is 45.2 Å². The van der Waals surface area contributed by atoms with Crippen molar-refractivity contribution >= 4 is 44.9 Å². The molecule has 10 heteroatoms. The van der Waals surface area contributed by atoms with Gasteiger partial charge in [-0.15, -0.1) is 0 Å². The highest BCUT2D eigenvalue weighted by Crippen LogP contribution is 2.55. The first-order valence-corrected chi connectivity index (χ1v) is 17.6. The van der Waals surface area contributed by atoms with E-state index in [4.69, 9.17) is 14.7 Å². The third-order valence-electron chi connectivity index (χ3n) is 11.6. The van der Waals surface area contributed by atoms with Crippen molar-refractivity contribution in [3.63, 3.8) is 0 Å². The van der Waals surface area contributed by atoms with Crippen molar-refractivity contribution in [1.82, 2.24) is 20.2 Å². The summed E-state index contributed by atoms with van der Waals surface area (Å²) in [6, 6.07) is 11.4. The minimum absolute atomic E-state index is 0.0402. The van der Waals surface area contributed by atoms with Gasteiger partial charge >= 0.3 is 6.01 Å². The molecule has 0 amide bonds. The van der Waals surface area contributed by atoms with Crippen LogP contribution >= 0.6 is 22.6 Å². The molecule has 2 bridgehead atoms. The summed E-state index contributed by atoms with van der Waals surface area (Å²) in [4.78, 5) is 17.5. The first kappa shape index (κ1) is 27.8. The van der Waals surface area contributed by atoms with E-state index < -0.39 is 5.67 Å². The Hall–Kier alpha value is -2.44. The summed E-state index contributed by atoms with van der Waals surface area (Å²) >= 11 is 2.40. The van der Waals surface area contributed by atoms with Crippen molar-refractivity contribution < 1.29 is 14.2 Å². The van der Waals surface area contributed by atoms with E-state index in [9.17, 15) is 5.11 Å². The number of nitrogens with zero attached hydrogens (tertiary/aromatic N) is 5. The Morgan fingerprint density at radius 3 is 2.77 bits per heavy atom. The zero-order chi connectivity index (χ0) is 29.6. The van der Waals surface area contributed by atoms with Gasteiger partial charge in [-0.25, -0.2) is 4.39 Å². The van der Waals surface area contributed by atoms with Gasteiger partial charge in [-0.2, -0.15) is 9.97 Å². The van der Waals surface area contributed by atoms with Gasteiger partial charge in [0.05, 0.1) is 17.8 Å². The monoisotopic (exact) mass is 710 g/mol. The van der Waals surface area contributed by atoms with E-state index in [0.29, 0.717) is 44.1 Å². The Balaban J connectivity index is 1.07. The van der Waals surface area contributed by atoms with Crippen molar-refractivity contribution in [2.45, 2.75) is 93.7 Å². The summed E-state index contributed by atoms with van der Waals surface area (Å²) in [5.41, 5.74) is 1.91. The van der Waals surface area contributed by atoms with Gasteiger partial charge in [-0.3, -0.25) is 4.90 Å². The smallest absolute Gasteiger partial charge is 0.318 e. The number of halogens is 2. The molecule has 2 aromatic carbocycles. The molecule has 0 radical (unpaired) electrons. The predicted octanol–water partition coefficient (Wildman–Crippen LogP) is 5.32. The number of aromatic nitrogens is 2. The highest BCUT2D eigenvalue weighted by atomic mass is 127. The van der Waals surface area contributed by atoms with Gasteiger partial charge in [0.1, 0.15) is 23.8 Å². The van der Waals surface area contributed by atoms with Crippen LogP contribution in [0.4, 0.5) is 15.9 Å². The van der Waals surface area contributed by atoms with Gasteiger partial charge in [0.25, 0.3) is 0 Å². The van der Waals surface area contributed by atoms with Crippen molar-refractivity contribution in [2.75, 3.05) is 42.6 Å². The molecule has 44 heavy (non-hydrogen) atoms. The number of hydrogen-bond donors (Lipinski definition) is 2. The summed E-state index contributed by atoms with van der Waals surface area (Å²) in [5.74, 6) is 1.29. The quantitative estimate of drug-likeness (QED) is 0.345. The lowest BCUT2D eigenvalue weighted by atomic mass is 9.88. The molecule has 8 nitrogen and oxygen atoms in total. The number of phenolic OH excluding ortho intramolecular Hbond substituents is 1. The standard InChI is InChI=1S/C34H40FIN6O2/c35-34-11-2-6-29(34)42-12-3-10-33(42,19-34)20-44-32-38-27-18-40(28-15-24(43)14-21-4-1-5-26(36)30(21)28)13-9-25(27)31(39-32)41-16-22-7-8-23(17-41)37-22/h1,4-5,14-15,22-23,29,37,43H,2-3,6-13,16-20H2/t22?,23?,29-,33?,34+/m0/s1. The van der Waals surface area contributed by atoms with Crippen LogP contribution in [0.2, 0.25) is 0 Å². The fourth-order valence-electron chi connectivity index (χ4n) is 9.73. The first-order chi connectivity index (χ1) is 21.4. The molecule has 5 atom stereocenters. The Morgan fingerprint density at radius 2 is 1.91 bits per heavy atom. The molecule has 5 fully saturated rings. The van der Waals surface area contributed by atoms with E-state index in [1.54, 1.807) is 0 Å². The maximum Gasteiger partial charge on any atom is 0.318 e. The number of piperazine rings is 1. The molecule has 232 valence electrons. The van der Waals surface area contributed by atoms with Crippen LogP contribution in [0.5, 0.6) is 11.8 Å². The molecule has 1 aromatic heterocycles. The van der Waals surface area contributed by atoms with Crippen LogP contribution in [-0.4, -0.2) is 82.1 Å². The summed E-state index contributed by atoms with van der Waals surface area (Å²) in [5, 5.41) is 16.6.